The Bertz CT molecular complexity index is 826. The molecular weight excluding hydrogens is 503 g/mol. The van der Waals surface area contributed by atoms with E-state index in [4.69, 9.17) is 4.74 Å². The van der Waals surface area contributed by atoms with E-state index in [1.807, 2.05) is 19.4 Å². The lowest BCUT2D eigenvalue weighted by atomic mass is 9.80. The van der Waals surface area contributed by atoms with Crippen molar-refractivity contribution in [3.63, 3.8) is 0 Å². The van der Waals surface area contributed by atoms with Gasteiger partial charge in [0.1, 0.15) is 0 Å². The van der Waals surface area contributed by atoms with Crippen LogP contribution in [0.1, 0.15) is 38.5 Å². The Morgan fingerprint density at radius 3 is 2.68 bits per heavy atom. The van der Waals surface area contributed by atoms with Crippen molar-refractivity contribution in [3.8, 4) is 0 Å². The maximum absolute atomic E-state index is 5.60. The molecule has 0 atom stereocenters. The third-order valence-corrected chi connectivity index (χ3v) is 6.67. The van der Waals surface area contributed by atoms with Gasteiger partial charge in [0.2, 0.25) is 0 Å². The number of guanidine groups is 1. The van der Waals surface area contributed by atoms with E-state index in [2.05, 4.69) is 48.3 Å². The fraction of sp³-hybridized carbons (Fsp3) is 0.652. The van der Waals surface area contributed by atoms with Gasteiger partial charge < -0.3 is 19.9 Å². The van der Waals surface area contributed by atoms with Crippen molar-refractivity contribution in [1.82, 2.24) is 25.1 Å². The minimum absolute atomic E-state index is 0. The lowest BCUT2D eigenvalue weighted by molar-refractivity contribution is -0.0352. The summed E-state index contributed by atoms with van der Waals surface area (Å²) in [6, 6.07) is 8.30. The van der Waals surface area contributed by atoms with E-state index < -0.39 is 0 Å². The second kappa shape index (κ2) is 12.0. The summed E-state index contributed by atoms with van der Waals surface area (Å²) < 4.78 is 7.83. The summed E-state index contributed by atoms with van der Waals surface area (Å²) in [6.45, 7) is 6.60. The van der Waals surface area contributed by atoms with Crippen LogP contribution < -0.4 is 10.6 Å². The molecule has 31 heavy (non-hydrogen) atoms. The number of aliphatic imine (C=N–C) groups is 1. The molecule has 8 heteroatoms. The number of hydrogen-bond donors (Lipinski definition) is 2. The van der Waals surface area contributed by atoms with Gasteiger partial charge in [-0.3, -0.25) is 9.89 Å². The van der Waals surface area contributed by atoms with Crippen LogP contribution in [-0.4, -0.2) is 72.4 Å². The summed E-state index contributed by atoms with van der Waals surface area (Å²) in [5, 5.41) is 7.14. The van der Waals surface area contributed by atoms with Gasteiger partial charge in [-0.05, 0) is 31.4 Å². The van der Waals surface area contributed by atoms with Crippen LogP contribution in [0.2, 0.25) is 0 Å². The Hall–Kier alpha value is -1.39. The van der Waals surface area contributed by atoms with Crippen LogP contribution >= 0.6 is 24.0 Å². The van der Waals surface area contributed by atoms with E-state index >= 15 is 0 Å². The van der Waals surface area contributed by atoms with E-state index in [9.17, 15) is 0 Å². The number of aryl methyl sites for hydroxylation is 1. The molecule has 0 spiro atoms. The maximum atomic E-state index is 5.60. The highest BCUT2D eigenvalue weighted by Crippen LogP contribution is 2.33. The number of rotatable bonds is 7. The van der Waals surface area contributed by atoms with E-state index in [0.717, 1.165) is 63.8 Å². The summed E-state index contributed by atoms with van der Waals surface area (Å²) in [5.74, 6) is 0.906. The minimum Gasteiger partial charge on any atom is -0.379 e. The second-order valence-electron chi connectivity index (χ2n) is 8.52. The van der Waals surface area contributed by atoms with Crippen molar-refractivity contribution in [2.24, 2.45) is 4.99 Å². The van der Waals surface area contributed by atoms with E-state index in [1.165, 1.54) is 37.6 Å². The molecule has 4 rings (SSSR count). The predicted molar refractivity (Wildman–Crippen MR) is 137 cm³/mol. The van der Waals surface area contributed by atoms with Crippen LogP contribution in [0.3, 0.4) is 0 Å². The van der Waals surface area contributed by atoms with Gasteiger partial charge in [0.05, 0.1) is 30.6 Å². The molecule has 2 aromatic rings. The molecule has 0 radical (unpaired) electrons. The normalized spacial score (nSPS) is 19.7. The van der Waals surface area contributed by atoms with Crippen molar-refractivity contribution in [2.45, 2.75) is 50.6 Å². The molecule has 2 aliphatic rings. The number of fused-ring (bicyclic) bond motifs is 1. The first-order valence-corrected chi connectivity index (χ1v) is 11.5. The molecule has 1 aliphatic heterocycles. The average Bonchev–Trinajstić information content (AvgIpc) is 3.23. The molecule has 7 nitrogen and oxygen atoms in total. The molecule has 172 valence electrons. The molecule has 1 aromatic heterocycles. The maximum Gasteiger partial charge on any atom is 0.191 e. The van der Waals surface area contributed by atoms with Gasteiger partial charge in [0.15, 0.2) is 5.96 Å². The van der Waals surface area contributed by atoms with Crippen LogP contribution in [0, 0.1) is 0 Å². The SMILES string of the molecule is CN=C(NCCCn1cnc2ccccc21)NCC1(N2CCOCC2)CCCCC1.I. The number of nitrogens with one attached hydrogen (secondary N) is 2. The average molecular weight is 540 g/mol. The Morgan fingerprint density at radius 2 is 1.90 bits per heavy atom. The van der Waals surface area contributed by atoms with Crippen molar-refractivity contribution in [2.75, 3.05) is 46.4 Å². The number of imidazole rings is 1. The molecule has 1 saturated heterocycles. The number of ether oxygens (including phenoxy) is 1. The van der Waals surface area contributed by atoms with Gasteiger partial charge in [0.25, 0.3) is 0 Å². The number of para-hydroxylation sites is 2. The highest BCUT2D eigenvalue weighted by Gasteiger charge is 2.38. The molecule has 2 heterocycles. The van der Waals surface area contributed by atoms with Crippen molar-refractivity contribution < 1.29 is 4.74 Å². The van der Waals surface area contributed by atoms with Gasteiger partial charge in [-0.1, -0.05) is 31.4 Å². The Balaban J connectivity index is 0.00000272. The summed E-state index contributed by atoms with van der Waals surface area (Å²) in [7, 11) is 1.86. The predicted octanol–water partition coefficient (Wildman–Crippen LogP) is 3.24. The lowest BCUT2D eigenvalue weighted by Gasteiger charge is -2.48. The van der Waals surface area contributed by atoms with Gasteiger partial charge in [-0.2, -0.15) is 0 Å². The van der Waals surface area contributed by atoms with Gasteiger partial charge in [-0.15, -0.1) is 24.0 Å². The number of nitrogens with zero attached hydrogens (tertiary/aromatic N) is 4. The Labute approximate surface area is 203 Å². The quantitative estimate of drug-likeness (QED) is 0.244. The van der Waals surface area contributed by atoms with E-state index in [0.29, 0.717) is 0 Å². The minimum atomic E-state index is 0. The van der Waals surface area contributed by atoms with Crippen molar-refractivity contribution in [3.05, 3.63) is 30.6 Å². The third kappa shape index (κ3) is 6.10. The topological polar surface area (TPSA) is 66.7 Å². The zero-order valence-corrected chi connectivity index (χ0v) is 21.0. The molecule has 1 aromatic carbocycles. The van der Waals surface area contributed by atoms with Gasteiger partial charge in [-0.25, -0.2) is 4.98 Å². The smallest absolute Gasteiger partial charge is 0.191 e. The third-order valence-electron chi connectivity index (χ3n) is 6.67. The summed E-state index contributed by atoms with van der Waals surface area (Å²) >= 11 is 0. The molecule has 1 saturated carbocycles. The van der Waals surface area contributed by atoms with E-state index in [-0.39, 0.29) is 29.5 Å². The summed E-state index contributed by atoms with van der Waals surface area (Å²) in [6.07, 6.45) is 9.51. The molecule has 0 unspecified atom stereocenters. The first-order chi connectivity index (χ1) is 14.8. The zero-order chi connectivity index (χ0) is 20.7. The lowest BCUT2D eigenvalue weighted by Crippen LogP contribution is -2.60. The monoisotopic (exact) mass is 540 g/mol. The van der Waals surface area contributed by atoms with Crippen LogP contribution in [0.25, 0.3) is 11.0 Å². The Morgan fingerprint density at radius 1 is 1.13 bits per heavy atom. The van der Waals surface area contributed by atoms with Crippen LogP contribution in [0.4, 0.5) is 0 Å². The first kappa shape index (κ1) is 24.3. The largest absolute Gasteiger partial charge is 0.379 e. The molecule has 0 amide bonds. The standard InChI is InChI=1S/C23H36N6O.HI/c1-24-22(25-12-7-13-28-19-27-20-8-3-4-9-21(20)28)26-18-23(10-5-2-6-11-23)29-14-16-30-17-15-29;/h3-4,8-9,19H,2,5-7,10-18H2,1H3,(H2,24,25,26);1H. The molecule has 1 aliphatic carbocycles. The van der Waals surface area contributed by atoms with Gasteiger partial charge >= 0.3 is 0 Å². The van der Waals surface area contributed by atoms with E-state index in [1.54, 1.807) is 0 Å². The number of benzene rings is 1. The fourth-order valence-corrected chi connectivity index (χ4v) is 4.97. The fourth-order valence-electron chi connectivity index (χ4n) is 4.97. The van der Waals surface area contributed by atoms with Crippen LogP contribution in [0.5, 0.6) is 0 Å². The number of aromatic nitrogens is 2. The molecule has 2 N–H and O–H groups in total. The Kier molecular flexibility index (Phi) is 9.40. The molecule has 0 bridgehead atoms. The number of morpholine rings is 1. The zero-order valence-electron chi connectivity index (χ0n) is 18.7. The molecular formula is C23H37IN6O. The number of halogens is 1. The highest BCUT2D eigenvalue weighted by molar-refractivity contribution is 14.0. The number of hydrogen-bond acceptors (Lipinski definition) is 4. The first-order valence-electron chi connectivity index (χ1n) is 11.5. The second-order valence-corrected chi connectivity index (χ2v) is 8.52. The summed E-state index contributed by atoms with van der Waals surface area (Å²) in [4.78, 5) is 11.6. The summed E-state index contributed by atoms with van der Waals surface area (Å²) in [5.41, 5.74) is 2.50. The van der Waals surface area contributed by atoms with Crippen LogP contribution in [0.15, 0.2) is 35.6 Å². The molecule has 2 fully saturated rings. The highest BCUT2D eigenvalue weighted by atomic mass is 127. The van der Waals surface area contributed by atoms with Crippen molar-refractivity contribution in [1.29, 1.82) is 0 Å². The van der Waals surface area contributed by atoms with Crippen molar-refractivity contribution >= 4 is 41.0 Å². The van der Waals surface area contributed by atoms with Gasteiger partial charge in [0, 0.05) is 45.3 Å². The van der Waals surface area contributed by atoms with Crippen LogP contribution in [-0.2, 0) is 11.3 Å².